The molecule has 7 nitrogen and oxygen atoms in total. The maximum absolute atomic E-state index is 12.4. The van der Waals surface area contributed by atoms with Gasteiger partial charge in [-0.1, -0.05) is 36.8 Å². The summed E-state index contributed by atoms with van der Waals surface area (Å²) in [7, 11) is 0. The van der Waals surface area contributed by atoms with E-state index in [1.54, 1.807) is 0 Å². The van der Waals surface area contributed by atoms with Crippen LogP contribution in [0.3, 0.4) is 0 Å². The number of benzene rings is 2. The molecule has 1 atom stereocenters. The van der Waals surface area contributed by atoms with Crippen LogP contribution in [0.4, 0.5) is 5.95 Å². The Hall–Kier alpha value is -2.55. The van der Waals surface area contributed by atoms with Crippen LogP contribution in [0, 0.1) is 0 Å². The number of rotatable bonds is 8. The van der Waals surface area contributed by atoms with E-state index in [1.165, 1.54) is 0 Å². The molecule has 8 heteroatoms. The number of imidazole rings is 1. The van der Waals surface area contributed by atoms with Gasteiger partial charge in [-0.3, -0.25) is 14.3 Å². The fraction of sp³-hybridized carbons (Fsp3) is 0.462. The number of carbonyl (C=O) groups is 1. The van der Waals surface area contributed by atoms with Crippen LogP contribution in [0.1, 0.15) is 19.3 Å². The number of nitrogens with zero attached hydrogens (tertiary/aromatic N) is 5. The Morgan fingerprint density at radius 2 is 1.74 bits per heavy atom. The Labute approximate surface area is 205 Å². The number of para-hydroxylation sites is 3. The molecule has 180 valence electrons. The molecule has 2 N–H and O–H groups in total. The summed E-state index contributed by atoms with van der Waals surface area (Å²) in [4.78, 5) is 24.2. The summed E-state index contributed by atoms with van der Waals surface area (Å²) in [6, 6.07) is 18.5. The van der Waals surface area contributed by atoms with Crippen molar-refractivity contribution in [3.63, 3.8) is 0 Å². The Bertz CT molecular complexity index is 1090. The minimum Gasteiger partial charge on any atom is -0.339 e. The molecular weight excluding hydrogens is 444 g/mol. The first-order valence-electron chi connectivity index (χ1n) is 12.3. The molecule has 0 bridgehead atoms. The molecule has 2 saturated heterocycles. The smallest absolute Gasteiger partial charge is 0.240 e. The summed E-state index contributed by atoms with van der Waals surface area (Å²) in [6.45, 7) is 5.87. The minimum absolute atomic E-state index is 0.125. The first-order valence-corrected chi connectivity index (χ1v) is 13.5. The van der Waals surface area contributed by atoms with Crippen LogP contribution in [-0.4, -0.2) is 82.2 Å². The van der Waals surface area contributed by atoms with Crippen LogP contribution >= 0.6 is 11.8 Å². The first-order chi connectivity index (χ1) is 16.7. The zero-order chi connectivity index (χ0) is 23.3. The summed E-state index contributed by atoms with van der Waals surface area (Å²) < 4.78 is 2.28. The average molecular weight is 479 g/mol. The van der Waals surface area contributed by atoms with Crippen molar-refractivity contribution in [2.24, 2.45) is 5.73 Å². The predicted octanol–water partition coefficient (Wildman–Crippen LogP) is 3.18. The van der Waals surface area contributed by atoms with E-state index in [0.717, 1.165) is 92.8 Å². The van der Waals surface area contributed by atoms with Gasteiger partial charge in [-0.15, -0.1) is 11.8 Å². The van der Waals surface area contributed by atoms with Crippen LogP contribution in [0.5, 0.6) is 0 Å². The third kappa shape index (κ3) is 5.09. The second-order valence-corrected chi connectivity index (χ2v) is 10.2. The average Bonchev–Trinajstić information content (AvgIpc) is 3.55. The van der Waals surface area contributed by atoms with Gasteiger partial charge in [-0.05, 0) is 43.7 Å². The van der Waals surface area contributed by atoms with Gasteiger partial charge in [-0.25, -0.2) is 4.98 Å². The van der Waals surface area contributed by atoms with E-state index in [1.807, 2.05) is 16.7 Å². The lowest BCUT2D eigenvalue weighted by atomic mass is 10.1. The molecule has 0 aliphatic carbocycles. The van der Waals surface area contributed by atoms with E-state index in [0.29, 0.717) is 0 Å². The van der Waals surface area contributed by atoms with E-state index in [9.17, 15) is 4.79 Å². The molecule has 1 aromatic heterocycles. The molecule has 0 radical (unpaired) electrons. The molecule has 5 rings (SSSR count). The number of thioether (sulfide) groups is 1. The van der Waals surface area contributed by atoms with Gasteiger partial charge in [0.05, 0.1) is 23.0 Å². The molecule has 34 heavy (non-hydrogen) atoms. The molecule has 0 spiro atoms. The van der Waals surface area contributed by atoms with E-state index in [2.05, 4.69) is 69.0 Å². The summed E-state index contributed by atoms with van der Waals surface area (Å²) in [6.07, 6.45) is 2.86. The number of aromatic nitrogens is 2. The van der Waals surface area contributed by atoms with Crippen molar-refractivity contribution in [3.8, 4) is 5.69 Å². The predicted molar refractivity (Wildman–Crippen MR) is 141 cm³/mol. The number of unbranched alkanes of at least 4 members (excludes halogenated alkanes) is 1. The molecule has 2 aliphatic heterocycles. The third-order valence-electron chi connectivity index (χ3n) is 6.83. The fourth-order valence-corrected chi connectivity index (χ4v) is 5.83. The quantitative estimate of drug-likeness (QED) is 0.502. The van der Waals surface area contributed by atoms with Crippen molar-refractivity contribution in [2.75, 3.05) is 55.8 Å². The van der Waals surface area contributed by atoms with E-state index < -0.39 is 0 Å². The standard InChI is InChI=1S/C26H34N6OS/c27-22(25(33)31-18-19-34-20-31)10-6-7-13-29-14-16-30(17-15-29)26-28-23-11-4-5-12-24(23)32(26)21-8-2-1-3-9-21/h1-5,8-9,11-12,22H,6-7,10,13-20,27H2/t22-/m0/s1. The number of nitrogens with two attached hydrogens (primary N) is 1. The van der Waals surface area contributed by atoms with E-state index in [4.69, 9.17) is 10.7 Å². The van der Waals surface area contributed by atoms with Gasteiger partial charge in [0.2, 0.25) is 11.9 Å². The van der Waals surface area contributed by atoms with Crippen molar-refractivity contribution in [1.82, 2.24) is 19.4 Å². The van der Waals surface area contributed by atoms with Crippen LogP contribution in [0.25, 0.3) is 16.7 Å². The van der Waals surface area contributed by atoms with Crippen molar-refractivity contribution in [1.29, 1.82) is 0 Å². The molecule has 2 fully saturated rings. The normalized spacial score (nSPS) is 18.0. The molecule has 3 heterocycles. The number of carbonyl (C=O) groups excluding carboxylic acids is 1. The molecule has 0 unspecified atom stereocenters. The number of anilines is 1. The monoisotopic (exact) mass is 478 g/mol. The van der Waals surface area contributed by atoms with Crippen LogP contribution < -0.4 is 10.6 Å². The maximum Gasteiger partial charge on any atom is 0.240 e. The highest BCUT2D eigenvalue weighted by atomic mass is 32.2. The van der Waals surface area contributed by atoms with Gasteiger partial charge in [0, 0.05) is 44.2 Å². The number of hydrogen-bond acceptors (Lipinski definition) is 6. The van der Waals surface area contributed by atoms with Crippen LogP contribution in [0.2, 0.25) is 0 Å². The molecule has 3 aromatic rings. The van der Waals surface area contributed by atoms with Crippen molar-refractivity contribution >= 4 is 34.7 Å². The van der Waals surface area contributed by atoms with Gasteiger partial charge >= 0.3 is 0 Å². The van der Waals surface area contributed by atoms with Crippen molar-refractivity contribution in [3.05, 3.63) is 54.6 Å². The topological polar surface area (TPSA) is 70.6 Å². The van der Waals surface area contributed by atoms with Crippen LogP contribution in [0.15, 0.2) is 54.6 Å². The Morgan fingerprint density at radius 3 is 2.50 bits per heavy atom. The lowest BCUT2D eigenvalue weighted by molar-refractivity contribution is -0.131. The van der Waals surface area contributed by atoms with Gasteiger partial charge in [-0.2, -0.15) is 0 Å². The Morgan fingerprint density at radius 1 is 0.971 bits per heavy atom. The third-order valence-corrected chi connectivity index (χ3v) is 7.80. The van der Waals surface area contributed by atoms with Gasteiger partial charge in [0.1, 0.15) is 0 Å². The van der Waals surface area contributed by atoms with Gasteiger partial charge in [0.25, 0.3) is 0 Å². The van der Waals surface area contributed by atoms with Crippen molar-refractivity contribution in [2.45, 2.75) is 25.3 Å². The second kappa shape index (κ2) is 10.8. The number of amides is 1. The largest absolute Gasteiger partial charge is 0.339 e. The lowest BCUT2D eigenvalue weighted by Gasteiger charge is -2.35. The molecule has 0 saturated carbocycles. The summed E-state index contributed by atoms with van der Waals surface area (Å²) in [5.41, 5.74) is 9.48. The van der Waals surface area contributed by atoms with E-state index >= 15 is 0 Å². The highest BCUT2D eigenvalue weighted by Gasteiger charge is 2.25. The zero-order valence-corrected chi connectivity index (χ0v) is 20.5. The summed E-state index contributed by atoms with van der Waals surface area (Å²) >= 11 is 1.81. The minimum atomic E-state index is -0.346. The highest BCUT2D eigenvalue weighted by Crippen LogP contribution is 2.27. The Kier molecular flexibility index (Phi) is 7.37. The molecular formula is C26H34N6OS. The zero-order valence-electron chi connectivity index (χ0n) is 19.7. The number of hydrogen-bond donors (Lipinski definition) is 1. The molecule has 2 aromatic carbocycles. The molecule has 1 amide bonds. The lowest BCUT2D eigenvalue weighted by Crippen LogP contribution is -2.47. The Balaban J connectivity index is 1.14. The maximum atomic E-state index is 12.4. The van der Waals surface area contributed by atoms with Gasteiger partial charge in [0.15, 0.2) is 0 Å². The number of piperazine rings is 1. The van der Waals surface area contributed by atoms with Crippen LogP contribution in [-0.2, 0) is 4.79 Å². The first kappa shape index (κ1) is 23.2. The fourth-order valence-electron chi connectivity index (χ4n) is 4.87. The SMILES string of the molecule is N[C@@H](CCCCN1CCN(c2nc3ccccc3n2-c2ccccc2)CC1)C(=O)N1CCSC1. The van der Waals surface area contributed by atoms with Crippen molar-refractivity contribution < 1.29 is 4.79 Å². The summed E-state index contributed by atoms with van der Waals surface area (Å²) in [5.74, 6) is 2.98. The summed E-state index contributed by atoms with van der Waals surface area (Å²) in [5, 5.41) is 0. The van der Waals surface area contributed by atoms with Gasteiger partial charge < -0.3 is 15.5 Å². The number of fused-ring (bicyclic) bond motifs is 1. The van der Waals surface area contributed by atoms with E-state index in [-0.39, 0.29) is 11.9 Å². The highest BCUT2D eigenvalue weighted by molar-refractivity contribution is 7.99. The second-order valence-electron chi connectivity index (χ2n) is 9.14. The molecule has 2 aliphatic rings.